The van der Waals surface area contributed by atoms with Gasteiger partial charge in [0.25, 0.3) is 0 Å². The molecule has 166 valence electrons. The monoisotopic (exact) mass is 453 g/mol. The number of aryl methyl sites for hydroxylation is 1. The van der Waals surface area contributed by atoms with Gasteiger partial charge in [-0.25, -0.2) is 4.79 Å². The zero-order valence-corrected chi connectivity index (χ0v) is 19.3. The van der Waals surface area contributed by atoms with E-state index in [1.54, 1.807) is 30.8 Å². The molecule has 1 saturated carbocycles. The van der Waals surface area contributed by atoms with Crippen LogP contribution in [0, 0.1) is 0 Å². The van der Waals surface area contributed by atoms with Gasteiger partial charge >= 0.3 is 5.97 Å². The molecule has 0 radical (unpaired) electrons. The Kier molecular flexibility index (Phi) is 8.49. The van der Waals surface area contributed by atoms with E-state index in [0.717, 1.165) is 50.5 Å². The number of benzene rings is 1. The highest BCUT2D eigenvalue weighted by atomic mass is 35.5. The Morgan fingerprint density at radius 2 is 2.10 bits per heavy atom. The summed E-state index contributed by atoms with van der Waals surface area (Å²) in [5.74, 6) is 0.348. The van der Waals surface area contributed by atoms with Gasteiger partial charge in [-0.3, -0.25) is 4.79 Å². The van der Waals surface area contributed by atoms with Gasteiger partial charge in [-0.05, 0) is 63.1 Å². The molecule has 1 amide bonds. The Labute approximate surface area is 188 Å². The van der Waals surface area contributed by atoms with Gasteiger partial charge < -0.3 is 14.7 Å². The van der Waals surface area contributed by atoms with Crippen LogP contribution in [0.25, 0.3) is 0 Å². The predicted octanol–water partition coefficient (Wildman–Crippen LogP) is 4.83. The molecular weight excluding hydrogens is 422 g/mol. The van der Waals surface area contributed by atoms with Crippen molar-refractivity contribution in [2.45, 2.75) is 75.7 Å². The van der Waals surface area contributed by atoms with Crippen molar-refractivity contribution in [3.8, 4) is 0 Å². The average molecular weight is 454 g/mol. The first-order valence-electron chi connectivity index (χ1n) is 11.0. The lowest BCUT2D eigenvalue weighted by Gasteiger charge is -2.34. The predicted molar refractivity (Wildman–Crippen MR) is 121 cm³/mol. The smallest absolute Gasteiger partial charge is 0.338 e. The Bertz CT molecular complexity index is 751. The number of hydrogen-bond acceptors (Lipinski definition) is 5. The van der Waals surface area contributed by atoms with Crippen LogP contribution in [0.4, 0.5) is 0 Å². The number of halogens is 1. The number of hydrogen-bond donors (Lipinski definition) is 1. The van der Waals surface area contributed by atoms with Gasteiger partial charge in [-0.1, -0.05) is 36.9 Å². The van der Waals surface area contributed by atoms with Crippen LogP contribution in [0.5, 0.6) is 0 Å². The van der Waals surface area contributed by atoms with E-state index < -0.39 is 5.60 Å². The second kappa shape index (κ2) is 10.9. The number of nitrogens with zero attached hydrogens (tertiary/aromatic N) is 1. The van der Waals surface area contributed by atoms with E-state index in [4.69, 9.17) is 16.3 Å². The van der Waals surface area contributed by atoms with Crippen LogP contribution in [0.1, 0.15) is 74.2 Å². The van der Waals surface area contributed by atoms with Crippen LogP contribution in [0.3, 0.4) is 0 Å². The standard InChI is InChI=1S/C23H32ClNO4S/c1-2-29-22(27)18-10-9-17(19(24)15-18)7-6-8-21-25(20(26)16-30-21)14-13-23(28)11-4-3-5-12-23/h9-10,15,21,28H,2-8,11-14,16H2,1H3. The molecule has 7 heteroatoms. The Hall–Kier alpha value is -1.24. The zero-order valence-electron chi connectivity index (χ0n) is 17.7. The van der Waals surface area contributed by atoms with E-state index in [-0.39, 0.29) is 17.3 Å². The SMILES string of the molecule is CCOC(=O)c1ccc(CCCC2SCC(=O)N2CCC2(O)CCCCC2)c(Cl)c1. The molecule has 30 heavy (non-hydrogen) atoms. The van der Waals surface area contributed by atoms with Crippen molar-refractivity contribution in [3.63, 3.8) is 0 Å². The summed E-state index contributed by atoms with van der Waals surface area (Å²) >= 11 is 8.06. The van der Waals surface area contributed by atoms with Crippen molar-refractivity contribution >= 4 is 35.2 Å². The van der Waals surface area contributed by atoms with Gasteiger partial charge in [-0.15, -0.1) is 11.8 Å². The fourth-order valence-electron chi connectivity index (χ4n) is 4.36. The van der Waals surface area contributed by atoms with E-state index in [0.29, 0.717) is 35.9 Å². The average Bonchev–Trinajstić information content (AvgIpc) is 3.08. The third-order valence-electron chi connectivity index (χ3n) is 6.13. The molecule has 2 aliphatic rings. The summed E-state index contributed by atoms with van der Waals surface area (Å²) < 4.78 is 5.01. The number of carbonyl (C=O) groups is 2. The lowest BCUT2D eigenvalue weighted by atomic mass is 9.82. The van der Waals surface area contributed by atoms with E-state index >= 15 is 0 Å². The normalized spacial score (nSPS) is 21.1. The van der Waals surface area contributed by atoms with E-state index in [9.17, 15) is 14.7 Å². The van der Waals surface area contributed by atoms with Gasteiger partial charge in [0.15, 0.2) is 0 Å². The highest BCUT2D eigenvalue weighted by molar-refractivity contribution is 8.00. The maximum atomic E-state index is 12.4. The Morgan fingerprint density at radius 1 is 1.33 bits per heavy atom. The molecule has 1 aromatic carbocycles. The van der Waals surface area contributed by atoms with Crippen LogP contribution < -0.4 is 0 Å². The molecule has 0 aromatic heterocycles. The molecule has 1 aliphatic carbocycles. The molecule has 3 rings (SSSR count). The molecule has 0 spiro atoms. The minimum absolute atomic E-state index is 0.169. The van der Waals surface area contributed by atoms with E-state index in [2.05, 4.69) is 0 Å². The maximum Gasteiger partial charge on any atom is 0.338 e. The summed E-state index contributed by atoms with van der Waals surface area (Å²) in [6.45, 7) is 2.75. The largest absolute Gasteiger partial charge is 0.462 e. The first kappa shape index (κ1) is 23.4. The fraction of sp³-hybridized carbons (Fsp3) is 0.652. The van der Waals surface area contributed by atoms with Gasteiger partial charge in [-0.2, -0.15) is 0 Å². The number of carbonyl (C=O) groups excluding carboxylic acids is 2. The topological polar surface area (TPSA) is 66.8 Å². The number of rotatable bonds is 9. The minimum atomic E-state index is -0.593. The molecule has 1 heterocycles. The lowest BCUT2D eigenvalue weighted by molar-refractivity contribution is -0.129. The second-order valence-electron chi connectivity index (χ2n) is 8.31. The first-order valence-corrected chi connectivity index (χ1v) is 12.4. The molecule has 1 unspecified atom stereocenters. The summed E-state index contributed by atoms with van der Waals surface area (Å²) in [5, 5.41) is 11.5. The van der Waals surface area contributed by atoms with Crippen LogP contribution in [0.15, 0.2) is 18.2 Å². The van der Waals surface area contributed by atoms with E-state index in [1.807, 2.05) is 11.0 Å². The summed E-state index contributed by atoms with van der Waals surface area (Å²) in [5.41, 5.74) is 0.876. The van der Waals surface area contributed by atoms with Gasteiger partial charge in [0.05, 0.1) is 28.9 Å². The summed E-state index contributed by atoms with van der Waals surface area (Å²) in [7, 11) is 0. The van der Waals surface area contributed by atoms with Crippen molar-refractivity contribution in [3.05, 3.63) is 34.3 Å². The second-order valence-corrected chi connectivity index (χ2v) is 9.88. The van der Waals surface area contributed by atoms with Gasteiger partial charge in [0.2, 0.25) is 5.91 Å². The number of amides is 1. The molecule has 1 aromatic rings. The van der Waals surface area contributed by atoms with Crippen LogP contribution in [-0.2, 0) is 16.0 Å². The van der Waals surface area contributed by atoms with Crippen LogP contribution in [-0.4, -0.2) is 51.8 Å². The molecule has 1 atom stereocenters. The van der Waals surface area contributed by atoms with Crippen LogP contribution in [0.2, 0.25) is 5.02 Å². The molecule has 1 aliphatic heterocycles. The number of thioether (sulfide) groups is 1. The number of aliphatic hydroxyl groups is 1. The number of esters is 1. The maximum absolute atomic E-state index is 12.4. The van der Waals surface area contributed by atoms with Crippen LogP contribution >= 0.6 is 23.4 Å². The highest BCUT2D eigenvalue weighted by Crippen LogP contribution is 2.34. The van der Waals surface area contributed by atoms with Gasteiger partial charge in [0, 0.05) is 11.6 Å². The van der Waals surface area contributed by atoms with Crippen molar-refractivity contribution in [2.24, 2.45) is 0 Å². The van der Waals surface area contributed by atoms with Crippen molar-refractivity contribution in [1.82, 2.24) is 4.90 Å². The third kappa shape index (κ3) is 6.14. The minimum Gasteiger partial charge on any atom is -0.462 e. The molecule has 1 N–H and O–H groups in total. The summed E-state index contributed by atoms with van der Waals surface area (Å²) in [6, 6.07) is 5.31. The Balaban J connectivity index is 1.49. The molecule has 0 bridgehead atoms. The highest BCUT2D eigenvalue weighted by Gasteiger charge is 2.35. The fourth-order valence-corrected chi connectivity index (χ4v) is 5.87. The van der Waals surface area contributed by atoms with Crippen molar-refractivity contribution in [2.75, 3.05) is 18.9 Å². The van der Waals surface area contributed by atoms with Crippen molar-refractivity contribution in [1.29, 1.82) is 0 Å². The van der Waals surface area contributed by atoms with Crippen molar-refractivity contribution < 1.29 is 19.4 Å². The molecular formula is C23H32ClNO4S. The molecule has 5 nitrogen and oxygen atoms in total. The summed E-state index contributed by atoms with van der Waals surface area (Å²) in [4.78, 5) is 26.1. The quantitative estimate of drug-likeness (QED) is 0.542. The Morgan fingerprint density at radius 3 is 2.80 bits per heavy atom. The third-order valence-corrected chi connectivity index (χ3v) is 7.77. The lowest BCUT2D eigenvalue weighted by Crippen LogP contribution is -2.40. The zero-order chi connectivity index (χ0) is 21.6. The van der Waals surface area contributed by atoms with Gasteiger partial charge in [0.1, 0.15) is 0 Å². The number of ether oxygens (including phenoxy) is 1. The molecule has 2 fully saturated rings. The molecule has 1 saturated heterocycles. The van der Waals surface area contributed by atoms with E-state index in [1.165, 1.54) is 6.42 Å². The first-order chi connectivity index (χ1) is 14.4. The summed E-state index contributed by atoms with van der Waals surface area (Å²) in [6.07, 6.45) is 8.35.